The molecule has 0 radical (unpaired) electrons. The van der Waals surface area contributed by atoms with Crippen LogP contribution in [0.25, 0.3) is 6.08 Å². The van der Waals surface area contributed by atoms with Crippen LogP contribution in [0.3, 0.4) is 0 Å². The van der Waals surface area contributed by atoms with E-state index in [9.17, 15) is 8.42 Å². The van der Waals surface area contributed by atoms with Crippen molar-refractivity contribution in [1.29, 1.82) is 0 Å². The number of sulfonamides is 1. The summed E-state index contributed by atoms with van der Waals surface area (Å²) in [4.78, 5) is 0. The van der Waals surface area contributed by atoms with E-state index in [1.54, 1.807) is 6.08 Å². The van der Waals surface area contributed by atoms with Crippen LogP contribution in [0.2, 0.25) is 0 Å². The molecule has 1 fully saturated rings. The van der Waals surface area contributed by atoms with Gasteiger partial charge in [0, 0.05) is 9.88 Å². The van der Waals surface area contributed by atoms with Crippen molar-refractivity contribution in [2.75, 3.05) is 0 Å². The summed E-state index contributed by atoms with van der Waals surface area (Å²) in [7, 11) is -3.48. The van der Waals surface area contributed by atoms with Crippen LogP contribution in [0.15, 0.2) is 64.5 Å². The summed E-state index contributed by atoms with van der Waals surface area (Å²) in [6, 6.07) is 17.2. The summed E-state index contributed by atoms with van der Waals surface area (Å²) in [5, 5.41) is 1.24. The fraction of sp³-hybridized carbons (Fsp3) is 0.176. The Kier molecular flexibility index (Phi) is 4.21. The fourth-order valence-corrected chi connectivity index (χ4v) is 3.92. The van der Waals surface area contributed by atoms with Gasteiger partial charge in [0.1, 0.15) is 0 Å². The molecule has 1 aliphatic carbocycles. The number of rotatable bonds is 5. The van der Waals surface area contributed by atoms with Crippen LogP contribution in [0, 0.1) is 0 Å². The van der Waals surface area contributed by atoms with E-state index in [0.717, 1.165) is 28.4 Å². The molecule has 3 rings (SSSR count). The molecule has 0 bridgehead atoms. The quantitative estimate of drug-likeness (QED) is 0.854. The lowest BCUT2D eigenvalue weighted by Crippen LogP contribution is -2.33. The van der Waals surface area contributed by atoms with Crippen LogP contribution in [-0.4, -0.2) is 8.42 Å². The molecule has 0 atom stereocenters. The Balaban J connectivity index is 1.77. The Morgan fingerprint density at radius 2 is 1.64 bits per heavy atom. The molecule has 0 amide bonds. The Morgan fingerprint density at radius 1 is 1.00 bits per heavy atom. The highest BCUT2D eigenvalue weighted by molar-refractivity contribution is 9.10. The zero-order chi connectivity index (χ0) is 15.6. The molecule has 0 saturated heterocycles. The first kappa shape index (κ1) is 15.5. The molecular formula is C17H16BrNO2S. The first-order valence-corrected chi connectivity index (χ1v) is 9.36. The van der Waals surface area contributed by atoms with E-state index in [1.165, 1.54) is 5.41 Å². The molecular weight excluding hydrogens is 362 g/mol. The summed E-state index contributed by atoms with van der Waals surface area (Å²) in [6.45, 7) is 0. The Morgan fingerprint density at radius 3 is 2.23 bits per heavy atom. The number of benzene rings is 2. The maximum Gasteiger partial charge on any atom is 0.234 e. The van der Waals surface area contributed by atoms with Crippen molar-refractivity contribution in [3.8, 4) is 0 Å². The summed E-state index contributed by atoms with van der Waals surface area (Å²) in [5.74, 6) is 0. The molecule has 114 valence electrons. The van der Waals surface area contributed by atoms with Crippen LogP contribution in [0.1, 0.15) is 24.0 Å². The van der Waals surface area contributed by atoms with Gasteiger partial charge in [-0.1, -0.05) is 58.4 Å². The second kappa shape index (κ2) is 5.99. The molecule has 0 heterocycles. The van der Waals surface area contributed by atoms with E-state index in [2.05, 4.69) is 20.7 Å². The average Bonchev–Trinajstić information content (AvgIpc) is 3.27. The summed E-state index contributed by atoms with van der Waals surface area (Å²) in [5.41, 5.74) is 1.43. The molecule has 2 aromatic carbocycles. The second-order valence-electron chi connectivity index (χ2n) is 5.45. The van der Waals surface area contributed by atoms with Gasteiger partial charge in [0.25, 0.3) is 0 Å². The zero-order valence-corrected chi connectivity index (χ0v) is 14.3. The van der Waals surface area contributed by atoms with Crippen LogP contribution in [-0.2, 0) is 15.6 Å². The summed E-state index contributed by atoms with van der Waals surface area (Å²) < 4.78 is 28.4. The van der Waals surface area contributed by atoms with Crippen LogP contribution < -0.4 is 4.72 Å². The smallest absolute Gasteiger partial charge is 0.208 e. The van der Waals surface area contributed by atoms with Gasteiger partial charge in [-0.3, -0.25) is 0 Å². The highest BCUT2D eigenvalue weighted by Gasteiger charge is 2.46. The minimum Gasteiger partial charge on any atom is -0.208 e. The standard InChI is InChI=1S/C17H16BrNO2S/c18-16-8-6-15(7-9-16)17(11-12-17)19-22(20,21)13-10-14-4-2-1-3-5-14/h1-10,13,19H,11-12H2/b13-10+. The number of hydrogen-bond acceptors (Lipinski definition) is 2. The van der Waals surface area contributed by atoms with Gasteiger partial charge in [-0.25, -0.2) is 13.1 Å². The molecule has 2 aromatic rings. The van der Waals surface area contributed by atoms with Crippen molar-refractivity contribution in [2.45, 2.75) is 18.4 Å². The number of hydrogen-bond donors (Lipinski definition) is 1. The fourth-order valence-electron chi connectivity index (χ4n) is 2.38. The largest absolute Gasteiger partial charge is 0.234 e. The van der Waals surface area contributed by atoms with E-state index >= 15 is 0 Å². The van der Waals surface area contributed by atoms with E-state index in [0.29, 0.717) is 0 Å². The van der Waals surface area contributed by atoms with Crippen molar-refractivity contribution < 1.29 is 8.42 Å². The Labute approximate surface area is 139 Å². The van der Waals surface area contributed by atoms with Gasteiger partial charge in [-0.15, -0.1) is 0 Å². The van der Waals surface area contributed by atoms with Crippen LogP contribution in [0.5, 0.6) is 0 Å². The third-order valence-electron chi connectivity index (χ3n) is 3.72. The number of nitrogens with one attached hydrogen (secondary N) is 1. The highest BCUT2D eigenvalue weighted by atomic mass is 79.9. The van der Waals surface area contributed by atoms with E-state index in [4.69, 9.17) is 0 Å². The van der Waals surface area contributed by atoms with Gasteiger partial charge < -0.3 is 0 Å². The predicted molar refractivity (Wildman–Crippen MR) is 92.6 cm³/mol. The van der Waals surface area contributed by atoms with Crippen LogP contribution >= 0.6 is 15.9 Å². The average molecular weight is 378 g/mol. The molecule has 1 aliphatic rings. The third-order valence-corrected chi connectivity index (χ3v) is 5.42. The molecule has 0 aliphatic heterocycles. The summed E-state index contributed by atoms with van der Waals surface area (Å²) in [6.07, 6.45) is 3.26. The molecule has 22 heavy (non-hydrogen) atoms. The van der Waals surface area contributed by atoms with Gasteiger partial charge in [0.05, 0.1) is 5.54 Å². The zero-order valence-electron chi connectivity index (χ0n) is 11.9. The van der Waals surface area contributed by atoms with Crippen molar-refractivity contribution in [2.24, 2.45) is 0 Å². The van der Waals surface area contributed by atoms with Gasteiger partial charge in [0.2, 0.25) is 10.0 Å². The van der Waals surface area contributed by atoms with Crippen molar-refractivity contribution in [3.63, 3.8) is 0 Å². The monoisotopic (exact) mass is 377 g/mol. The van der Waals surface area contributed by atoms with Crippen LogP contribution in [0.4, 0.5) is 0 Å². The topological polar surface area (TPSA) is 46.2 Å². The third kappa shape index (κ3) is 3.66. The highest BCUT2D eigenvalue weighted by Crippen LogP contribution is 2.46. The van der Waals surface area contributed by atoms with Crippen molar-refractivity contribution in [3.05, 3.63) is 75.6 Å². The van der Waals surface area contributed by atoms with Crippen molar-refractivity contribution in [1.82, 2.24) is 4.72 Å². The first-order chi connectivity index (χ1) is 10.5. The molecule has 5 heteroatoms. The molecule has 3 nitrogen and oxygen atoms in total. The van der Waals surface area contributed by atoms with Gasteiger partial charge in [0.15, 0.2) is 0 Å². The first-order valence-electron chi connectivity index (χ1n) is 7.02. The van der Waals surface area contributed by atoms with E-state index in [-0.39, 0.29) is 0 Å². The predicted octanol–water partition coefficient (Wildman–Crippen LogP) is 4.03. The summed E-state index contributed by atoms with van der Waals surface area (Å²) >= 11 is 3.39. The molecule has 0 unspecified atom stereocenters. The lowest BCUT2D eigenvalue weighted by atomic mass is 10.1. The van der Waals surface area contributed by atoms with Gasteiger partial charge in [-0.05, 0) is 42.2 Å². The maximum absolute atomic E-state index is 12.3. The van der Waals surface area contributed by atoms with Gasteiger partial charge in [-0.2, -0.15) is 0 Å². The minimum atomic E-state index is -3.48. The van der Waals surface area contributed by atoms with E-state index < -0.39 is 15.6 Å². The van der Waals surface area contributed by atoms with Crippen molar-refractivity contribution >= 4 is 32.0 Å². The minimum absolute atomic E-state index is 0.444. The van der Waals surface area contributed by atoms with E-state index in [1.807, 2.05) is 54.6 Å². The van der Waals surface area contributed by atoms with Gasteiger partial charge >= 0.3 is 0 Å². The molecule has 1 saturated carbocycles. The molecule has 0 spiro atoms. The second-order valence-corrected chi connectivity index (χ2v) is 7.93. The Bertz CT molecular complexity index is 779. The lowest BCUT2D eigenvalue weighted by Gasteiger charge is -2.16. The number of halogens is 1. The lowest BCUT2D eigenvalue weighted by molar-refractivity contribution is 0.560. The molecule has 0 aromatic heterocycles. The maximum atomic E-state index is 12.3. The normalized spacial score (nSPS) is 16.8. The Hall–Kier alpha value is -1.43. The molecule has 1 N–H and O–H groups in total. The SMILES string of the molecule is O=S(=O)(/C=C/c1ccccc1)NC1(c2ccc(Br)cc2)CC1.